The zero-order chi connectivity index (χ0) is 13.1. The highest BCUT2D eigenvalue weighted by Crippen LogP contribution is 2.31. The molecule has 0 heterocycles. The molecule has 2 fully saturated rings. The van der Waals surface area contributed by atoms with Crippen LogP contribution in [0.2, 0.25) is 0 Å². The third-order valence-electron chi connectivity index (χ3n) is 4.43. The summed E-state index contributed by atoms with van der Waals surface area (Å²) in [4.78, 5) is 24.7. The maximum absolute atomic E-state index is 11.9. The molecule has 0 saturated heterocycles. The standard InChI is InChI=1S/C13H22N2O3/c1-15(10-5-3-6-10)13(18)14-8-9-4-2-7-11(9)12(16)17/h9-11H,2-8H2,1H3,(H,14,18)(H,16,17). The van der Waals surface area contributed by atoms with Gasteiger partial charge in [0.1, 0.15) is 0 Å². The van der Waals surface area contributed by atoms with Crippen molar-refractivity contribution in [3.8, 4) is 0 Å². The number of carboxylic acid groups (broad SMARTS) is 1. The number of hydrogen-bond acceptors (Lipinski definition) is 2. The first-order valence-corrected chi connectivity index (χ1v) is 6.83. The van der Waals surface area contributed by atoms with Crippen molar-refractivity contribution in [2.75, 3.05) is 13.6 Å². The van der Waals surface area contributed by atoms with E-state index in [2.05, 4.69) is 5.32 Å². The van der Waals surface area contributed by atoms with Gasteiger partial charge in [0.2, 0.25) is 0 Å². The van der Waals surface area contributed by atoms with Gasteiger partial charge in [-0.05, 0) is 38.0 Å². The van der Waals surface area contributed by atoms with Gasteiger partial charge in [-0.1, -0.05) is 6.42 Å². The molecule has 102 valence electrons. The number of nitrogens with one attached hydrogen (secondary N) is 1. The molecular weight excluding hydrogens is 232 g/mol. The topological polar surface area (TPSA) is 69.6 Å². The Morgan fingerprint density at radius 1 is 1.22 bits per heavy atom. The van der Waals surface area contributed by atoms with E-state index < -0.39 is 5.97 Å². The molecule has 0 aliphatic heterocycles. The summed E-state index contributed by atoms with van der Waals surface area (Å²) in [6.45, 7) is 0.493. The molecule has 2 rings (SSSR count). The number of hydrogen-bond donors (Lipinski definition) is 2. The van der Waals surface area contributed by atoms with E-state index in [0.29, 0.717) is 12.6 Å². The summed E-state index contributed by atoms with van der Waals surface area (Å²) >= 11 is 0. The van der Waals surface area contributed by atoms with Crippen molar-refractivity contribution in [1.82, 2.24) is 10.2 Å². The Morgan fingerprint density at radius 3 is 2.44 bits per heavy atom. The van der Waals surface area contributed by atoms with E-state index >= 15 is 0 Å². The Labute approximate surface area is 108 Å². The van der Waals surface area contributed by atoms with E-state index in [0.717, 1.165) is 32.1 Å². The summed E-state index contributed by atoms with van der Waals surface area (Å²) in [5.74, 6) is -0.903. The monoisotopic (exact) mass is 254 g/mol. The first kappa shape index (κ1) is 13.2. The minimum Gasteiger partial charge on any atom is -0.481 e. The van der Waals surface area contributed by atoms with Crippen LogP contribution in [-0.4, -0.2) is 41.6 Å². The van der Waals surface area contributed by atoms with E-state index in [1.54, 1.807) is 4.90 Å². The van der Waals surface area contributed by atoms with Crippen LogP contribution in [0.15, 0.2) is 0 Å². The maximum atomic E-state index is 11.9. The van der Waals surface area contributed by atoms with Gasteiger partial charge in [0.15, 0.2) is 0 Å². The van der Waals surface area contributed by atoms with E-state index in [1.165, 1.54) is 6.42 Å². The predicted octanol–water partition coefficient (Wildman–Crippen LogP) is 1.68. The average molecular weight is 254 g/mol. The van der Waals surface area contributed by atoms with E-state index in [4.69, 9.17) is 5.11 Å². The highest BCUT2D eigenvalue weighted by atomic mass is 16.4. The van der Waals surface area contributed by atoms with Crippen LogP contribution in [0.5, 0.6) is 0 Å². The lowest BCUT2D eigenvalue weighted by Gasteiger charge is -2.35. The minimum atomic E-state index is -0.723. The normalized spacial score (nSPS) is 27.6. The second-order valence-electron chi connectivity index (χ2n) is 5.52. The Bertz CT molecular complexity index is 328. The van der Waals surface area contributed by atoms with Gasteiger partial charge < -0.3 is 15.3 Å². The van der Waals surface area contributed by atoms with Crippen LogP contribution in [0.4, 0.5) is 4.79 Å². The second kappa shape index (κ2) is 5.59. The Kier molecular flexibility index (Phi) is 4.09. The van der Waals surface area contributed by atoms with Crippen molar-refractivity contribution in [3.63, 3.8) is 0 Å². The summed E-state index contributed by atoms with van der Waals surface area (Å²) in [5.41, 5.74) is 0. The fraction of sp³-hybridized carbons (Fsp3) is 0.846. The first-order valence-electron chi connectivity index (χ1n) is 6.83. The molecular formula is C13H22N2O3. The minimum absolute atomic E-state index is 0.0595. The largest absolute Gasteiger partial charge is 0.481 e. The lowest BCUT2D eigenvalue weighted by Crippen LogP contribution is -2.47. The fourth-order valence-electron chi connectivity index (χ4n) is 2.89. The number of rotatable bonds is 4. The van der Waals surface area contributed by atoms with Crippen molar-refractivity contribution < 1.29 is 14.7 Å². The molecule has 18 heavy (non-hydrogen) atoms. The summed E-state index contributed by atoms with van der Waals surface area (Å²) < 4.78 is 0. The first-order chi connectivity index (χ1) is 8.59. The molecule has 0 spiro atoms. The quantitative estimate of drug-likeness (QED) is 0.802. The molecule has 2 N–H and O–H groups in total. The highest BCUT2D eigenvalue weighted by Gasteiger charge is 2.33. The van der Waals surface area contributed by atoms with Crippen molar-refractivity contribution in [3.05, 3.63) is 0 Å². The number of carbonyl (C=O) groups is 2. The van der Waals surface area contributed by atoms with Gasteiger partial charge in [-0.2, -0.15) is 0 Å². The Morgan fingerprint density at radius 2 is 1.89 bits per heavy atom. The lowest BCUT2D eigenvalue weighted by atomic mass is 9.92. The van der Waals surface area contributed by atoms with Gasteiger partial charge in [-0.25, -0.2) is 4.79 Å². The molecule has 0 aromatic rings. The lowest BCUT2D eigenvalue weighted by molar-refractivity contribution is -0.142. The van der Waals surface area contributed by atoms with Gasteiger partial charge >= 0.3 is 12.0 Å². The zero-order valence-corrected chi connectivity index (χ0v) is 10.9. The van der Waals surface area contributed by atoms with Crippen LogP contribution in [0.3, 0.4) is 0 Å². The van der Waals surface area contributed by atoms with E-state index in [9.17, 15) is 9.59 Å². The summed E-state index contributed by atoms with van der Waals surface area (Å²) in [6.07, 6.45) is 5.98. The van der Waals surface area contributed by atoms with Gasteiger partial charge in [-0.15, -0.1) is 0 Å². The molecule has 2 aliphatic carbocycles. The molecule has 0 bridgehead atoms. The molecule has 2 unspecified atom stereocenters. The fourth-order valence-corrected chi connectivity index (χ4v) is 2.89. The smallest absolute Gasteiger partial charge is 0.317 e. The second-order valence-corrected chi connectivity index (χ2v) is 5.52. The van der Waals surface area contributed by atoms with Crippen molar-refractivity contribution in [1.29, 1.82) is 0 Å². The summed E-state index contributed by atoms with van der Waals surface area (Å²) in [6, 6.07) is 0.319. The van der Waals surface area contributed by atoms with E-state index in [1.807, 2.05) is 7.05 Å². The van der Waals surface area contributed by atoms with E-state index in [-0.39, 0.29) is 17.9 Å². The van der Waals surface area contributed by atoms with Crippen LogP contribution >= 0.6 is 0 Å². The molecule has 2 amide bonds. The molecule has 2 atom stereocenters. The van der Waals surface area contributed by atoms with Crippen LogP contribution in [0.25, 0.3) is 0 Å². The van der Waals surface area contributed by atoms with Crippen molar-refractivity contribution in [2.24, 2.45) is 11.8 Å². The number of aliphatic carboxylic acids is 1. The Balaban J connectivity index is 1.76. The van der Waals surface area contributed by atoms with Crippen LogP contribution in [0, 0.1) is 11.8 Å². The molecule has 0 aromatic heterocycles. The molecule has 0 aromatic carbocycles. The predicted molar refractivity (Wildman–Crippen MR) is 67.3 cm³/mol. The average Bonchev–Trinajstić information content (AvgIpc) is 2.71. The number of carbonyl (C=O) groups excluding carboxylic acids is 1. The van der Waals surface area contributed by atoms with Gasteiger partial charge in [0.25, 0.3) is 0 Å². The number of urea groups is 1. The third-order valence-corrected chi connectivity index (χ3v) is 4.43. The molecule has 5 nitrogen and oxygen atoms in total. The van der Waals surface area contributed by atoms with Crippen LogP contribution < -0.4 is 5.32 Å². The molecule has 0 radical (unpaired) electrons. The molecule has 5 heteroatoms. The van der Waals surface area contributed by atoms with Crippen molar-refractivity contribution >= 4 is 12.0 Å². The highest BCUT2D eigenvalue weighted by molar-refractivity contribution is 5.74. The SMILES string of the molecule is CN(C(=O)NCC1CCCC1C(=O)O)C1CCC1. The zero-order valence-electron chi connectivity index (χ0n) is 10.9. The third kappa shape index (κ3) is 2.76. The Hall–Kier alpha value is -1.26. The molecule has 2 aliphatic rings. The van der Waals surface area contributed by atoms with Gasteiger partial charge in [0, 0.05) is 19.6 Å². The van der Waals surface area contributed by atoms with Gasteiger partial charge in [0.05, 0.1) is 5.92 Å². The number of nitrogens with zero attached hydrogens (tertiary/aromatic N) is 1. The van der Waals surface area contributed by atoms with Crippen LogP contribution in [0.1, 0.15) is 38.5 Å². The van der Waals surface area contributed by atoms with Crippen molar-refractivity contribution in [2.45, 2.75) is 44.6 Å². The number of amides is 2. The molecule has 2 saturated carbocycles. The maximum Gasteiger partial charge on any atom is 0.317 e. The summed E-state index contributed by atoms with van der Waals surface area (Å²) in [7, 11) is 1.82. The summed E-state index contributed by atoms with van der Waals surface area (Å²) in [5, 5.41) is 12.0. The van der Waals surface area contributed by atoms with Crippen LogP contribution in [-0.2, 0) is 4.79 Å². The number of carboxylic acids is 1. The van der Waals surface area contributed by atoms with Gasteiger partial charge in [-0.3, -0.25) is 4.79 Å².